The summed E-state index contributed by atoms with van der Waals surface area (Å²) in [5, 5.41) is 23.0. The lowest BCUT2D eigenvalue weighted by Crippen LogP contribution is -2.34. The first kappa shape index (κ1) is 14.2. The molecule has 1 rings (SSSR count). The van der Waals surface area contributed by atoms with Gasteiger partial charge in [-0.2, -0.15) is 0 Å². The molecule has 0 saturated carbocycles. The van der Waals surface area contributed by atoms with Crippen LogP contribution < -0.4 is 10.1 Å². The third kappa shape index (κ3) is 3.89. The molecular weight excluding hydrogens is 236 g/mol. The second kappa shape index (κ2) is 5.68. The highest BCUT2D eigenvalue weighted by atomic mass is 16.6. The van der Waals surface area contributed by atoms with Crippen LogP contribution in [0.5, 0.6) is 5.75 Å². The van der Waals surface area contributed by atoms with Crippen molar-refractivity contribution in [3.8, 4) is 5.75 Å². The fourth-order valence-corrected chi connectivity index (χ4v) is 1.44. The van der Waals surface area contributed by atoms with Gasteiger partial charge in [0, 0.05) is 17.8 Å². The minimum atomic E-state index is -0.557. The van der Waals surface area contributed by atoms with Gasteiger partial charge in [0.15, 0.2) is 0 Å². The Balaban J connectivity index is 3.06. The molecule has 0 heterocycles. The SMILES string of the molecule is CCOc1cc(NC(C)(C)CO)cc([N+](=O)[O-])c1. The van der Waals surface area contributed by atoms with Crippen LogP contribution in [0.15, 0.2) is 18.2 Å². The third-order valence-electron chi connectivity index (χ3n) is 2.29. The van der Waals surface area contributed by atoms with Gasteiger partial charge in [0.1, 0.15) is 5.75 Å². The van der Waals surface area contributed by atoms with Crippen molar-refractivity contribution in [2.45, 2.75) is 26.3 Å². The van der Waals surface area contributed by atoms with Gasteiger partial charge in [0.05, 0.1) is 29.7 Å². The molecule has 2 N–H and O–H groups in total. The number of nitrogens with one attached hydrogen (secondary N) is 1. The highest BCUT2D eigenvalue weighted by molar-refractivity contribution is 5.57. The molecule has 0 aliphatic heterocycles. The van der Waals surface area contributed by atoms with Crippen LogP contribution in [0.3, 0.4) is 0 Å². The van der Waals surface area contributed by atoms with E-state index in [9.17, 15) is 15.2 Å². The highest BCUT2D eigenvalue weighted by Crippen LogP contribution is 2.27. The molecule has 1 aromatic carbocycles. The van der Waals surface area contributed by atoms with Crippen molar-refractivity contribution in [1.82, 2.24) is 0 Å². The topological polar surface area (TPSA) is 84.6 Å². The first-order valence-corrected chi connectivity index (χ1v) is 5.69. The third-order valence-corrected chi connectivity index (χ3v) is 2.29. The number of rotatable bonds is 6. The van der Waals surface area contributed by atoms with Crippen molar-refractivity contribution in [1.29, 1.82) is 0 Å². The molecule has 6 nitrogen and oxygen atoms in total. The van der Waals surface area contributed by atoms with E-state index in [1.807, 2.05) is 6.92 Å². The molecule has 0 spiro atoms. The molecular formula is C12H18N2O4. The van der Waals surface area contributed by atoms with Gasteiger partial charge in [-0.15, -0.1) is 0 Å². The molecule has 18 heavy (non-hydrogen) atoms. The summed E-state index contributed by atoms with van der Waals surface area (Å²) in [5.41, 5.74) is -0.0532. The molecule has 100 valence electrons. The summed E-state index contributed by atoms with van der Waals surface area (Å²) in [6.45, 7) is 5.76. The van der Waals surface area contributed by atoms with Crippen LogP contribution in [0.2, 0.25) is 0 Å². The van der Waals surface area contributed by atoms with Gasteiger partial charge in [-0.3, -0.25) is 10.1 Å². The maximum atomic E-state index is 10.8. The zero-order chi connectivity index (χ0) is 13.8. The van der Waals surface area contributed by atoms with Gasteiger partial charge in [-0.1, -0.05) is 0 Å². The van der Waals surface area contributed by atoms with Crippen molar-refractivity contribution >= 4 is 11.4 Å². The number of aliphatic hydroxyl groups excluding tert-OH is 1. The molecule has 0 radical (unpaired) electrons. The van der Waals surface area contributed by atoms with Crippen molar-refractivity contribution in [2.75, 3.05) is 18.5 Å². The normalized spacial score (nSPS) is 11.1. The van der Waals surface area contributed by atoms with Gasteiger partial charge in [0.25, 0.3) is 5.69 Å². The second-order valence-corrected chi connectivity index (χ2v) is 4.57. The monoisotopic (exact) mass is 254 g/mol. The number of non-ortho nitro benzene ring substituents is 1. The maximum absolute atomic E-state index is 10.8. The van der Waals surface area contributed by atoms with Gasteiger partial charge < -0.3 is 15.2 Å². The van der Waals surface area contributed by atoms with Gasteiger partial charge in [-0.05, 0) is 20.8 Å². The predicted octanol–water partition coefficient (Wildman–Crippen LogP) is 2.18. The first-order chi connectivity index (χ1) is 8.38. The summed E-state index contributed by atoms with van der Waals surface area (Å²) < 4.78 is 5.28. The van der Waals surface area contributed by atoms with Crippen molar-refractivity contribution in [3.05, 3.63) is 28.3 Å². The molecule has 0 atom stereocenters. The second-order valence-electron chi connectivity index (χ2n) is 4.57. The molecule has 6 heteroatoms. The van der Waals surface area contributed by atoms with E-state index in [0.29, 0.717) is 18.0 Å². The summed E-state index contributed by atoms with van der Waals surface area (Å²) >= 11 is 0. The van der Waals surface area contributed by atoms with E-state index in [0.717, 1.165) is 0 Å². The van der Waals surface area contributed by atoms with Gasteiger partial charge in [-0.25, -0.2) is 0 Å². The summed E-state index contributed by atoms with van der Waals surface area (Å²) in [4.78, 5) is 10.3. The quantitative estimate of drug-likeness (QED) is 0.600. The minimum absolute atomic E-state index is 0.0443. The Labute approximate surface area is 106 Å². The number of anilines is 1. The predicted molar refractivity (Wildman–Crippen MR) is 69.1 cm³/mol. The molecule has 0 aliphatic carbocycles. The van der Waals surface area contributed by atoms with E-state index in [1.165, 1.54) is 12.1 Å². The fourth-order valence-electron chi connectivity index (χ4n) is 1.44. The van der Waals surface area contributed by atoms with Crippen LogP contribution in [0, 0.1) is 10.1 Å². The van der Waals surface area contributed by atoms with E-state index >= 15 is 0 Å². The molecule has 0 saturated heterocycles. The molecule has 1 aromatic rings. The average molecular weight is 254 g/mol. The molecule has 0 aromatic heterocycles. The Bertz CT molecular complexity index is 432. The molecule has 0 unspecified atom stereocenters. The Morgan fingerprint density at radius 1 is 1.44 bits per heavy atom. The molecule has 0 fully saturated rings. The Morgan fingerprint density at radius 3 is 2.61 bits per heavy atom. The van der Waals surface area contributed by atoms with Crippen LogP contribution in [0.25, 0.3) is 0 Å². The summed E-state index contributed by atoms with van der Waals surface area (Å²) in [6.07, 6.45) is 0. The van der Waals surface area contributed by atoms with Crippen molar-refractivity contribution < 1.29 is 14.8 Å². The number of ether oxygens (including phenoxy) is 1. The lowest BCUT2D eigenvalue weighted by atomic mass is 10.1. The molecule has 0 aliphatic rings. The standard InChI is InChI=1S/C12H18N2O4/c1-4-18-11-6-9(13-12(2,3)8-15)5-10(7-11)14(16)17/h5-7,13,15H,4,8H2,1-3H3. The zero-order valence-electron chi connectivity index (χ0n) is 10.8. The Kier molecular flexibility index (Phi) is 4.49. The summed E-state index contributed by atoms with van der Waals surface area (Å²) in [7, 11) is 0. The lowest BCUT2D eigenvalue weighted by Gasteiger charge is -2.25. The van der Waals surface area contributed by atoms with Gasteiger partial charge in [0.2, 0.25) is 0 Å². The van der Waals surface area contributed by atoms with E-state index in [-0.39, 0.29) is 12.3 Å². The number of aliphatic hydroxyl groups is 1. The van der Waals surface area contributed by atoms with Crippen LogP contribution in [-0.4, -0.2) is 28.8 Å². The summed E-state index contributed by atoms with van der Waals surface area (Å²) in [6, 6.07) is 4.47. The van der Waals surface area contributed by atoms with Crippen LogP contribution in [0.1, 0.15) is 20.8 Å². The van der Waals surface area contributed by atoms with E-state index in [2.05, 4.69) is 5.32 Å². The zero-order valence-corrected chi connectivity index (χ0v) is 10.8. The smallest absolute Gasteiger partial charge is 0.275 e. The number of nitro groups is 1. The highest BCUT2D eigenvalue weighted by Gasteiger charge is 2.18. The summed E-state index contributed by atoms with van der Waals surface area (Å²) in [5.74, 6) is 0.433. The number of nitrogens with zero attached hydrogens (tertiary/aromatic N) is 1. The lowest BCUT2D eigenvalue weighted by molar-refractivity contribution is -0.384. The number of nitro benzene ring substituents is 1. The van der Waals surface area contributed by atoms with E-state index in [1.54, 1.807) is 19.9 Å². The van der Waals surface area contributed by atoms with Crippen molar-refractivity contribution in [2.24, 2.45) is 0 Å². The minimum Gasteiger partial charge on any atom is -0.494 e. The first-order valence-electron chi connectivity index (χ1n) is 5.69. The Hall–Kier alpha value is -1.82. The van der Waals surface area contributed by atoms with E-state index < -0.39 is 10.5 Å². The maximum Gasteiger partial charge on any atom is 0.275 e. The largest absolute Gasteiger partial charge is 0.494 e. The number of benzene rings is 1. The number of hydrogen-bond donors (Lipinski definition) is 2. The molecule has 0 bridgehead atoms. The van der Waals surface area contributed by atoms with Crippen LogP contribution in [-0.2, 0) is 0 Å². The number of hydrogen-bond acceptors (Lipinski definition) is 5. The Morgan fingerprint density at radius 2 is 2.11 bits per heavy atom. The van der Waals surface area contributed by atoms with Crippen LogP contribution in [0.4, 0.5) is 11.4 Å². The van der Waals surface area contributed by atoms with Gasteiger partial charge >= 0.3 is 0 Å². The van der Waals surface area contributed by atoms with E-state index in [4.69, 9.17) is 4.74 Å². The van der Waals surface area contributed by atoms with Crippen molar-refractivity contribution in [3.63, 3.8) is 0 Å². The fraction of sp³-hybridized carbons (Fsp3) is 0.500. The molecule has 0 amide bonds. The average Bonchev–Trinajstić information content (AvgIpc) is 2.28. The van der Waals surface area contributed by atoms with Crippen LogP contribution >= 0.6 is 0 Å².